The lowest BCUT2D eigenvalue weighted by Gasteiger charge is -2.22. The Hall–Kier alpha value is -1.20. The predicted molar refractivity (Wildman–Crippen MR) is 119 cm³/mol. The standard InChI is InChI=1S/C13H21NOS.C9H12ClN/c1-10-7-6-8-12(9-10)11(2)14-16(15)13(3,4)5;1-7-4-3-5-9(6-7)8(2)11-10/h6-9,11,14H,1-5H3;3-6,8,11H,1-2H3/t11?,16-;8-/m10/s1. The van der Waals surface area contributed by atoms with Crippen molar-refractivity contribution in [2.45, 2.75) is 65.3 Å². The van der Waals surface area contributed by atoms with Gasteiger partial charge in [-0.25, -0.2) is 13.8 Å². The van der Waals surface area contributed by atoms with Crippen LogP contribution in [0.15, 0.2) is 48.5 Å². The second-order valence-corrected chi connectivity index (χ2v) is 10.1. The summed E-state index contributed by atoms with van der Waals surface area (Å²) in [6, 6.07) is 16.9. The van der Waals surface area contributed by atoms with Gasteiger partial charge in [-0.3, -0.25) is 0 Å². The van der Waals surface area contributed by atoms with Gasteiger partial charge >= 0.3 is 0 Å². The van der Waals surface area contributed by atoms with Crippen molar-refractivity contribution < 1.29 is 4.21 Å². The SMILES string of the molecule is Cc1cccc(C(C)N[S@](=O)C(C)(C)C)c1.Cc1cccc([C@H](C)NCl)c1. The third-order valence-corrected chi connectivity index (χ3v) is 6.10. The van der Waals surface area contributed by atoms with Crippen molar-refractivity contribution in [3.05, 3.63) is 70.8 Å². The number of hydrogen-bond donors (Lipinski definition) is 2. The molecule has 0 amide bonds. The minimum atomic E-state index is -1.02. The summed E-state index contributed by atoms with van der Waals surface area (Å²) >= 11 is 5.49. The summed E-state index contributed by atoms with van der Waals surface area (Å²) in [5.41, 5.74) is 4.89. The maximum absolute atomic E-state index is 11.9. The Bertz CT molecular complexity index is 743. The highest BCUT2D eigenvalue weighted by Crippen LogP contribution is 2.17. The lowest BCUT2D eigenvalue weighted by atomic mass is 10.1. The number of benzene rings is 2. The Balaban J connectivity index is 0.000000289. The van der Waals surface area contributed by atoms with Gasteiger partial charge in [0.15, 0.2) is 0 Å². The molecule has 0 heterocycles. The molecule has 0 aliphatic rings. The van der Waals surface area contributed by atoms with Gasteiger partial charge in [0.2, 0.25) is 0 Å². The minimum absolute atomic E-state index is 0.111. The molecule has 0 spiro atoms. The number of aryl methyl sites for hydroxylation is 2. The molecule has 2 aromatic carbocycles. The van der Waals surface area contributed by atoms with E-state index in [2.05, 4.69) is 59.8 Å². The van der Waals surface area contributed by atoms with Crippen molar-refractivity contribution in [3.63, 3.8) is 0 Å². The highest BCUT2D eigenvalue weighted by Gasteiger charge is 2.21. The average molecular weight is 409 g/mol. The number of hydrogen-bond acceptors (Lipinski definition) is 2. The molecule has 1 unspecified atom stereocenters. The van der Waals surface area contributed by atoms with Crippen LogP contribution in [0, 0.1) is 13.8 Å². The van der Waals surface area contributed by atoms with Crippen LogP contribution in [0.1, 0.15) is 69.0 Å². The first-order valence-corrected chi connectivity index (χ1v) is 10.7. The third-order valence-electron chi connectivity index (χ3n) is 4.09. The van der Waals surface area contributed by atoms with Crippen molar-refractivity contribution in [2.24, 2.45) is 0 Å². The van der Waals surface area contributed by atoms with Crippen LogP contribution in [0.5, 0.6) is 0 Å². The molecule has 3 atom stereocenters. The molecular weight excluding hydrogens is 376 g/mol. The maximum Gasteiger partial charge on any atom is 0.0975 e. The van der Waals surface area contributed by atoms with Crippen molar-refractivity contribution in [3.8, 4) is 0 Å². The Morgan fingerprint density at radius 2 is 1.33 bits per heavy atom. The van der Waals surface area contributed by atoms with Crippen LogP contribution < -0.4 is 9.56 Å². The Kier molecular flexibility index (Phi) is 9.68. The van der Waals surface area contributed by atoms with Crippen LogP contribution in [0.25, 0.3) is 0 Å². The molecule has 0 fully saturated rings. The minimum Gasteiger partial charge on any atom is -0.242 e. The predicted octanol–water partition coefficient (Wildman–Crippen LogP) is 5.91. The molecule has 0 radical (unpaired) electrons. The van der Waals surface area contributed by atoms with Crippen LogP contribution in [0.4, 0.5) is 0 Å². The van der Waals surface area contributed by atoms with Gasteiger partial charge in [-0.2, -0.15) is 0 Å². The van der Waals surface area contributed by atoms with Crippen molar-refractivity contribution in [2.75, 3.05) is 0 Å². The molecule has 0 saturated heterocycles. The van der Waals surface area contributed by atoms with E-state index in [0.29, 0.717) is 0 Å². The van der Waals surface area contributed by atoms with E-state index in [0.717, 1.165) is 0 Å². The van der Waals surface area contributed by atoms with E-state index in [1.807, 2.05) is 46.8 Å². The number of nitrogens with one attached hydrogen (secondary N) is 2. The Morgan fingerprint density at radius 1 is 0.889 bits per heavy atom. The Morgan fingerprint density at radius 3 is 1.70 bits per heavy atom. The third kappa shape index (κ3) is 8.56. The summed E-state index contributed by atoms with van der Waals surface area (Å²) in [6.07, 6.45) is 0. The van der Waals surface area contributed by atoms with Gasteiger partial charge in [0.05, 0.1) is 15.7 Å². The van der Waals surface area contributed by atoms with E-state index in [1.54, 1.807) is 0 Å². The summed E-state index contributed by atoms with van der Waals surface area (Å²) in [5.74, 6) is 0. The number of halogens is 1. The quantitative estimate of drug-likeness (QED) is 0.604. The molecular formula is C22H33ClN2OS. The second kappa shape index (κ2) is 11.0. The normalized spacial score (nSPS) is 14.7. The molecule has 0 aliphatic heterocycles. The van der Waals surface area contributed by atoms with Gasteiger partial charge in [-0.1, -0.05) is 59.7 Å². The van der Waals surface area contributed by atoms with Crippen LogP contribution in [0.3, 0.4) is 0 Å². The summed E-state index contributed by atoms with van der Waals surface area (Å²) in [6.45, 7) is 14.1. The van der Waals surface area contributed by atoms with Gasteiger partial charge in [0, 0.05) is 12.1 Å². The molecule has 0 bridgehead atoms. The zero-order valence-corrected chi connectivity index (χ0v) is 19.0. The largest absolute Gasteiger partial charge is 0.242 e. The van der Waals surface area contributed by atoms with Crippen LogP contribution in [0.2, 0.25) is 0 Å². The summed E-state index contributed by atoms with van der Waals surface area (Å²) < 4.78 is 14.8. The molecule has 0 aromatic heterocycles. The van der Waals surface area contributed by atoms with E-state index in [-0.39, 0.29) is 16.8 Å². The summed E-state index contributed by atoms with van der Waals surface area (Å²) in [7, 11) is -1.02. The van der Waals surface area contributed by atoms with E-state index >= 15 is 0 Å². The highest BCUT2D eigenvalue weighted by molar-refractivity contribution is 7.84. The molecule has 0 aliphatic carbocycles. The lowest BCUT2D eigenvalue weighted by Crippen LogP contribution is -2.34. The van der Waals surface area contributed by atoms with Crippen LogP contribution in [-0.2, 0) is 11.0 Å². The van der Waals surface area contributed by atoms with Crippen LogP contribution >= 0.6 is 11.8 Å². The first kappa shape index (κ1) is 23.8. The molecule has 2 N–H and O–H groups in total. The Labute approximate surface area is 172 Å². The fourth-order valence-electron chi connectivity index (χ4n) is 2.35. The van der Waals surface area contributed by atoms with Crippen molar-refractivity contribution >= 4 is 22.8 Å². The van der Waals surface area contributed by atoms with Crippen molar-refractivity contribution in [1.82, 2.24) is 9.56 Å². The monoisotopic (exact) mass is 408 g/mol. The van der Waals surface area contributed by atoms with Gasteiger partial charge in [0.25, 0.3) is 0 Å². The average Bonchev–Trinajstić information content (AvgIpc) is 2.60. The molecule has 0 saturated carbocycles. The maximum atomic E-state index is 11.9. The summed E-state index contributed by atoms with van der Waals surface area (Å²) in [5, 5.41) is 0. The molecule has 27 heavy (non-hydrogen) atoms. The van der Waals surface area contributed by atoms with E-state index in [9.17, 15) is 4.21 Å². The smallest absolute Gasteiger partial charge is 0.0975 e. The van der Waals surface area contributed by atoms with Gasteiger partial charge in [-0.15, -0.1) is 0 Å². The van der Waals surface area contributed by atoms with E-state index in [1.165, 1.54) is 22.3 Å². The molecule has 150 valence electrons. The lowest BCUT2D eigenvalue weighted by molar-refractivity contribution is 0.616. The zero-order chi connectivity index (χ0) is 20.6. The topological polar surface area (TPSA) is 41.1 Å². The van der Waals surface area contributed by atoms with E-state index in [4.69, 9.17) is 11.8 Å². The van der Waals surface area contributed by atoms with Gasteiger partial charge in [-0.05, 0) is 71.4 Å². The fourth-order valence-corrected chi connectivity index (χ4v) is 3.28. The summed E-state index contributed by atoms with van der Waals surface area (Å²) in [4.78, 5) is 2.68. The first-order valence-electron chi connectivity index (χ1n) is 9.22. The zero-order valence-electron chi connectivity index (χ0n) is 17.5. The van der Waals surface area contributed by atoms with Gasteiger partial charge in [0.1, 0.15) is 0 Å². The molecule has 2 aromatic rings. The number of rotatable bonds is 5. The molecule has 3 nitrogen and oxygen atoms in total. The fraction of sp³-hybridized carbons (Fsp3) is 0.455. The highest BCUT2D eigenvalue weighted by atomic mass is 35.5. The van der Waals surface area contributed by atoms with Gasteiger partial charge < -0.3 is 0 Å². The first-order chi connectivity index (χ1) is 12.5. The van der Waals surface area contributed by atoms with Crippen LogP contribution in [-0.4, -0.2) is 8.96 Å². The van der Waals surface area contributed by atoms with E-state index < -0.39 is 11.0 Å². The molecule has 2 rings (SSSR count). The molecule has 5 heteroatoms. The second-order valence-electron chi connectivity index (χ2n) is 7.88. The van der Waals surface area contributed by atoms with Crippen molar-refractivity contribution in [1.29, 1.82) is 0 Å².